The Morgan fingerprint density at radius 1 is 1.22 bits per heavy atom. The van der Waals surface area contributed by atoms with Gasteiger partial charge in [-0.25, -0.2) is 8.78 Å². The fourth-order valence-electron chi connectivity index (χ4n) is 5.11. The van der Waals surface area contributed by atoms with E-state index in [1.165, 1.54) is 16.8 Å². The Morgan fingerprint density at radius 3 is 2.76 bits per heavy atom. The number of rotatable bonds is 6. The van der Waals surface area contributed by atoms with Crippen molar-refractivity contribution >= 4 is 11.8 Å². The summed E-state index contributed by atoms with van der Waals surface area (Å²) in [6.45, 7) is 2.43. The number of pyridine rings is 1. The highest BCUT2D eigenvalue weighted by Gasteiger charge is 2.32. The lowest BCUT2D eigenvalue weighted by Crippen LogP contribution is -2.49. The molecular formula is C26H32F2N4O5. The van der Waals surface area contributed by atoms with E-state index < -0.39 is 34.6 Å². The van der Waals surface area contributed by atoms with E-state index >= 15 is 0 Å². The number of amides is 2. The average Bonchev–Trinajstić information content (AvgIpc) is 2.87. The van der Waals surface area contributed by atoms with Crippen LogP contribution in [-0.2, 0) is 17.8 Å². The molecule has 1 fully saturated rings. The topological polar surface area (TPSA) is 113 Å². The number of aromatic hydroxyl groups is 1. The Labute approximate surface area is 213 Å². The third-order valence-corrected chi connectivity index (χ3v) is 7.16. The largest absolute Gasteiger partial charge is 0.503 e. The highest BCUT2D eigenvalue weighted by atomic mass is 19.1. The number of hydrogen-bond donors (Lipinski definition) is 3. The van der Waals surface area contributed by atoms with Crippen molar-refractivity contribution in [3.05, 3.63) is 63.1 Å². The minimum absolute atomic E-state index is 0.0354. The van der Waals surface area contributed by atoms with E-state index in [9.17, 15) is 28.3 Å². The summed E-state index contributed by atoms with van der Waals surface area (Å²) in [5.74, 6) is -3.56. The number of nitrogens with zero attached hydrogens (tertiary/aromatic N) is 2. The molecule has 2 heterocycles. The first-order valence-electron chi connectivity index (χ1n) is 12.5. The van der Waals surface area contributed by atoms with Crippen LogP contribution in [0.3, 0.4) is 0 Å². The molecule has 37 heavy (non-hydrogen) atoms. The van der Waals surface area contributed by atoms with Crippen LogP contribution >= 0.6 is 0 Å². The number of halogens is 2. The monoisotopic (exact) mass is 518 g/mol. The maximum Gasteiger partial charge on any atom is 0.272 e. The molecule has 200 valence electrons. The fourth-order valence-corrected chi connectivity index (χ4v) is 5.11. The summed E-state index contributed by atoms with van der Waals surface area (Å²) in [5, 5.41) is 16.2. The molecule has 11 heteroatoms. The number of ether oxygens (including phenoxy) is 1. The van der Waals surface area contributed by atoms with E-state index in [4.69, 9.17) is 4.74 Å². The van der Waals surface area contributed by atoms with Crippen molar-refractivity contribution in [2.45, 2.75) is 44.8 Å². The van der Waals surface area contributed by atoms with Crippen LogP contribution in [0.1, 0.15) is 52.1 Å². The van der Waals surface area contributed by atoms with E-state index in [0.29, 0.717) is 25.8 Å². The van der Waals surface area contributed by atoms with Crippen LogP contribution in [0.2, 0.25) is 0 Å². The zero-order valence-corrected chi connectivity index (χ0v) is 20.8. The molecular weight excluding hydrogens is 486 g/mol. The van der Waals surface area contributed by atoms with Crippen molar-refractivity contribution in [2.75, 3.05) is 33.4 Å². The lowest BCUT2D eigenvalue weighted by molar-refractivity contribution is 0.0820. The highest BCUT2D eigenvalue weighted by molar-refractivity contribution is 5.98. The first kappa shape index (κ1) is 26.7. The molecule has 9 nitrogen and oxygen atoms in total. The number of methoxy groups -OCH3 is 1. The number of carbonyl (C=O) groups excluding carboxylic acids is 2. The molecule has 0 saturated heterocycles. The second-order valence-electron chi connectivity index (χ2n) is 9.60. The summed E-state index contributed by atoms with van der Waals surface area (Å²) in [5.41, 5.74) is -1.53. The lowest BCUT2D eigenvalue weighted by Gasteiger charge is -2.37. The van der Waals surface area contributed by atoms with Crippen molar-refractivity contribution in [2.24, 2.45) is 5.92 Å². The van der Waals surface area contributed by atoms with Crippen molar-refractivity contribution in [3.63, 3.8) is 0 Å². The van der Waals surface area contributed by atoms with Gasteiger partial charge in [0.15, 0.2) is 11.4 Å². The predicted octanol–water partition coefficient (Wildman–Crippen LogP) is 2.01. The molecule has 2 aromatic rings. The zero-order valence-electron chi connectivity index (χ0n) is 20.8. The van der Waals surface area contributed by atoms with Gasteiger partial charge in [0.25, 0.3) is 11.8 Å². The number of fused-ring (bicyclic) bond motifs is 2. The van der Waals surface area contributed by atoms with Gasteiger partial charge in [-0.05, 0) is 24.8 Å². The Hall–Kier alpha value is -3.31. The Bertz CT molecular complexity index is 1220. The molecule has 1 aliphatic carbocycles. The van der Waals surface area contributed by atoms with Gasteiger partial charge in [-0.15, -0.1) is 0 Å². The molecule has 0 spiro atoms. The Kier molecular flexibility index (Phi) is 8.55. The van der Waals surface area contributed by atoms with Gasteiger partial charge in [0, 0.05) is 63.7 Å². The normalized spacial score (nSPS) is 20.5. The van der Waals surface area contributed by atoms with Gasteiger partial charge in [-0.3, -0.25) is 19.3 Å². The third-order valence-electron chi connectivity index (χ3n) is 7.16. The zero-order chi connectivity index (χ0) is 26.5. The molecule has 0 bridgehead atoms. The van der Waals surface area contributed by atoms with E-state index in [1.807, 2.05) is 0 Å². The van der Waals surface area contributed by atoms with E-state index in [2.05, 4.69) is 15.5 Å². The number of aromatic nitrogens is 1. The van der Waals surface area contributed by atoms with Crippen molar-refractivity contribution in [1.82, 2.24) is 20.1 Å². The maximum atomic E-state index is 14.0. The van der Waals surface area contributed by atoms with Gasteiger partial charge in [0.1, 0.15) is 17.2 Å². The lowest BCUT2D eigenvalue weighted by atomic mass is 9.83. The van der Waals surface area contributed by atoms with E-state index in [1.54, 1.807) is 7.11 Å². The van der Waals surface area contributed by atoms with Crippen LogP contribution in [0.25, 0.3) is 0 Å². The van der Waals surface area contributed by atoms with Gasteiger partial charge in [0.05, 0.1) is 6.61 Å². The molecule has 1 saturated carbocycles. The molecule has 2 amide bonds. The number of hydrogen-bond acceptors (Lipinski definition) is 6. The number of carbonyl (C=O) groups is 2. The quantitative estimate of drug-likeness (QED) is 0.540. The third kappa shape index (κ3) is 6.16. The second-order valence-corrected chi connectivity index (χ2v) is 9.60. The van der Waals surface area contributed by atoms with Crippen LogP contribution < -0.4 is 16.1 Å². The second kappa shape index (κ2) is 11.8. The van der Waals surface area contributed by atoms with Crippen molar-refractivity contribution in [1.29, 1.82) is 0 Å². The van der Waals surface area contributed by atoms with Crippen LogP contribution in [0, 0.1) is 17.6 Å². The molecule has 1 aliphatic heterocycles. The van der Waals surface area contributed by atoms with Gasteiger partial charge >= 0.3 is 0 Å². The standard InChI is InChI=1S/C26H32F2N4O5/c1-37-11-10-31-8-9-32-15-19(25(35)29-13-16-6-7-18(27)12-20(16)28)23(33)24(34)22(32)26(36)30-21-5-3-2-4-17(21)14-31/h6-7,12,15,17,21,34H,2-5,8-11,13-14H2,1H3,(H,29,35)(H,30,36)/t17-,21-/m0/s1. The fraction of sp³-hybridized carbons (Fsp3) is 0.500. The van der Waals surface area contributed by atoms with Gasteiger partial charge < -0.3 is 25.0 Å². The first-order valence-corrected chi connectivity index (χ1v) is 12.5. The SMILES string of the molecule is COCCN1CCn2cc(C(=O)NCc3ccc(F)cc3F)c(=O)c(O)c2C(=O)N[C@H]2CCCC[C@H]2C1. The number of benzene rings is 1. The molecule has 1 aromatic heterocycles. The smallest absolute Gasteiger partial charge is 0.272 e. The Morgan fingerprint density at radius 2 is 2.00 bits per heavy atom. The average molecular weight is 519 g/mol. The molecule has 4 rings (SSSR count). The molecule has 0 unspecified atom stereocenters. The molecule has 3 N–H and O–H groups in total. The minimum Gasteiger partial charge on any atom is -0.503 e. The van der Waals surface area contributed by atoms with E-state index in [-0.39, 0.29) is 41.9 Å². The summed E-state index contributed by atoms with van der Waals surface area (Å²) in [6, 6.07) is 2.86. The van der Waals surface area contributed by atoms with Gasteiger partial charge in [-0.2, -0.15) is 0 Å². The van der Waals surface area contributed by atoms with E-state index in [0.717, 1.165) is 38.3 Å². The van der Waals surface area contributed by atoms with Crippen molar-refractivity contribution < 1.29 is 28.2 Å². The van der Waals surface area contributed by atoms with Crippen LogP contribution in [0.5, 0.6) is 5.75 Å². The summed E-state index contributed by atoms with van der Waals surface area (Å²) < 4.78 is 33.8. The molecule has 2 atom stereocenters. The molecule has 1 aromatic carbocycles. The van der Waals surface area contributed by atoms with Gasteiger partial charge in [-0.1, -0.05) is 18.9 Å². The van der Waals surface area contributed by atoms with Crippen molar-refractivity contribution in [3.8, 4) is 5.75 Å². The highest BCUT2D eigenvalue weighted by Crippen LogP contribution is 2.27. The van der Waals surface area contributed by atoms with Crippen LogP contribution in [-0.4, -0.2) is 65.8 Å². The minimum atomic E-state index is -0.994. The predicted molar refractivity (Wildman–Crippen MR) is 131 cm³/mol. The summed E-state index contributed by atoms with van der Waals surface area (Å²) in [4.78, 5) is 41.2. The van der Waals surface area contributed by atoms with Crippen LogP contribution in [0.4, 0.5) is 8.78 Å². The van der Waals surface area contributed by atoms with Crippen LogP contribution in [0.15, 0.2) is 29.2 Å². The molecule has 0 radical (unpaired) electrons. The number of nitrogens with one attached hydrogen (secondary N) is 2. The summed E-state index contributed by atoms with van der Waals surface area (Å²) >= 11 is 0. The molecule has 2 aliphatic rings. The Balaban J connectivity index is 1.63. The summed E-state index contributed by atoms with van der Waals surface area (Å²) in [6.07, 6.45) is 5.09. The maximum absolute atomic E-state index is 14.0. The first-order chi connectivity index (χ1) is 17.8. The van der Waals surface area contributed by atoms with Gasteiger partial charge in [0.2, 0.25) is 5.43 Å². The summed E-state index contributed by atoms with van der Waals surface area (Å²) in [7, 11) is 1.63.